The minimum atomic E-state index is -2.80. The maximum atomic E-state index is 14.1. The van der Waals surface area contributed by atoms with Crippen LogP contribution in [-0.4, -0.2) is 145 Å². The summed E-state index contributed by atoms with van der Waals surface area (Å²) in [6.07, 6.45) is 3.08. The standard InChI is InChI=1S/C49H66N6O6SSi.C47H64N6O5SSi/c1-10-29-55(48(59)45(53-54-50)35(5)11-2)42(34(3)4)32-44(61-36(6)56)47-52-41(33-62-47)46(58)51-40(31-37-22-15-12-16-23-37)43(57)28-21-30-60-63(49(7,8)9,38-24-17-13-18-25-38)39-26-19-14-20-27-39;1-9-28-53(46(57)43(51-52-48)34(5)10-2)40(33(3)4)31-42(55)45-50-39(32-59-45)44(56)49-38(30-35-21-14-11-15-22-35)41(54)27-20-29-58-60(47(6,7)8,36-23-16-12-17-24-36)37-25-18-13-19-26-37/h12-20,22-27,33-35,40,42,44-45H,10-11,21,28-32H2,1-9H3,(H,51,58);11-19,21-26,32-34,38,40,42-43,55H,9-10,20,27-31H2,1-8H3,(H,49,56)/t35-,40-,42+,44+,45-;34-,38-,40+,42+,43-/m00/s1. The van der Waals surface area contributed by atoms with Gasteiger partial charge in [0.05, 0.1) is 12.1 Å². The highest BCUT2D eigenvalue weighted by Gasteiger charge is 2.52. The number of ether oxygens (including phenoxy) is 1. The number of hydrogen-bond acceptors (Lipinski definition) is 17. The molecule has 8 rings (SSSR count). The average Bonchev–Trinajstić information content (AvgIpc) is 0.842. The molecule has 0 saturated carbocycles. The summed E-state index contributed by atoms with van der Waals surface area (Å²) in [6.45, 7) is 35.8. The lowest BCUT2D eigenvalue weighted by atomic mass is 9.92. The monoisotopic (exact) mass is 1750 g/mol. The van der Waals surface area contributed by atoms with Crippen LogP contribution in [0.25, 0.3) is 20.9 Å². The van der Waals surface area contributed by atoms with Gasteiger partial charge in [-0.2, -0.15) is 0 Å². The Hall–Kier alpha value is -9.80. The molecule has 4 amide bonds. The zero-order chi connectivity index (χ0) is 90.0. The third kappa shape index (κ3) is 27.6. The topological polar surface area (TPSA) is 321 Å². The number of carbonyl (C=O) groups is 7. The Balaban J connectivity index is 0.000000339. The van der Waals surface area contributed by atoms with Gasteiger partial charge in [-0.3, -0.25) is 33.6 Å². The maximum absolute atomic E-state index is 14.1. The molecule has 10 atom stereocenters. The smallest absolute Gasteiger partial charge is 0.303 e. The van der Waals surface area contributed by atoms with Gasteiger partial charge >= 0.3 is 5.97 Å². The first-order valence-electron chi connectivity index (χ1n) is 43.5. The first-order chi connectivity index (χ1) is 58.7. The molecule has 8 aromatic rings. The highest BCUT2D eigenvalue weighted by atomic mass is 32.1. The van der Waals surface area contributed by atoms with E-state index in [1.165, 1.54) is 28.6 Å². The molecule has 0 saturated heterocycles. The number of hydrogen-bond donors (Lipinski definition) is 3. The molecule has 23 nitrogen and oxygen atoms in total. The van der Waals surface area contributed by atoms with E-state index in [1.807, 2.05) is 203 Å². The number of nitrogens with one attached hydrogen (secondary N) is 2. The van der Waals surface area contributed by atoms with E-state index in [0.29, 0.717) is 87.7 Å². The second kappa shape index (κ2) is 49.0. The highest BCUT2D eigenvalue weighted by molar-refractivity contribution is 7.10. The van der Waals surface area contributed by atoms with Crippen molar-refractivity contribution in [3.05, 3.63) is 246 Å². The molecule has 660 valence electrons. The third-order valence-corrected chi connectivity index (χ3v) is 34.9. The van der Waals surface area contributed by atoms with E-state index in [-0.39, 0.29) is 100 Å². The van der Waals surface area contributed by atoms with Crippen LogP contribution in [0.3, 0.4) is 0 Å². The normalized spacial score (nSPS) is 14.2. The molecule has 0 spiro atoms. The summed E-state index contributed by atoms with van der Waals surface area (Å²) in [5, 5.41) is 33.4. The molecule has 0 aliphatic rings. The van der Waals surface area contributed by atoms with Gasteiger partial charge in [0, 0.05) is 91.6 Å². The van der Waals surface area contributed by atoms with Gasteiger partial charge in [0.1, 0.15) is 39.6 Å². The van der Waals surface area contributed by atoms with Gasteiger partial charge in [0.2, 0.25) is 11.8 Å². The quantitative estimate of drug-likeness (QED) is 0.00798. The first kappa shape index (κ1) is 100. The molecule has 2 heterocycles. The first-order valence-corrected chi connectivity index (χ1v) is 49.0. The Bertz CT molecular complexity index is 4640. The fourth-order valence-electron chi connectivity index (χ4n) is 16.1. The van der Waals surface area contributed by atoms with Gasteiger partial charge in [-0.15, -0.1) is 22.7 Å². The van der Waals surface area contributed by atoms with Crippen LogP contribution < -0.4 is 31.4 Å². The summed E-state index contributed by atoms with van der Waals surface area (Å²) in [7, 11) is -5.58. The molecule has 0 fully saturated rings. The number of nitrogens with zero attached hydrogens (tertiary/aromatic N) is 10. The lowest BCUT2D eigenvalue weighted by molar-refractivity contribution is -0.149. The summed E-state index contributed by atoms with van der Waals surface area (Å²) in [5.74, 6) is -2.73. The van der Waals surface area contributed by atoms with Crippen molar-refractivity contribution in [2.75, 3.05) is 26.3 Å². The molecular formula is C96H130N12O11S2Si2. The van der Waals surface area contributed by atoms with Crippen molar-refractivity contribution in [2.24, 2.45) is 33.9 Å². The second-order valence-corrected chi connectivity index (χ2v) is 45.0. The highest BCUT2D eigenvalue weighted by Crippen LogP contribution is 2.40. The van der Waals surface area contributed by atoms with Crippen LogP contribution in [-0.2, 0) is 50.4 Å². The summed E-state index contributed by atoms with van der Waals surface area (Å²) in [6, 6.07) is 56.6. The molecule has 3 N–H and O–H groups in total. The van der Waals surface area contributed by atoms with E-state index < -0.39 is 76.8 Å². The molecule has 123 heavy (non-hydrogen) atoms. The van der Waals surface area contributed by atoms with Crippen LogP contribution in [0.1, 0.15) is 236 Å². The van der Waals surface area contributed by atoms with Crippen molar-refractivity contribution in [3.8, 4) is 0 Å². The average molecular weight is 1750 g/mol. The number of Topliss-reactive ketones (excluding diaryl/α,β-unsaturated/α-hetero) is 2. The largest absolute Gasteiger partial charge is 0.455 e. The Kier molecular flexibility index (Phi) is 40.0. The Morgan fingerprint density at radius 2 is 0.821 bits per heavy atom. The van der Waals surface area contributed by atoms with E-state index in [2.05, 4.69) is 131 Å². The summed E-state index contributed by atoms with van der Waals surface area (Å²) in [4.78, 5) is 115. The predicted molar refractivity (Wildman–Crippen MR) is 497 cm³/mol. The van der Waals surface area contributed by atoms with Crippen LogP contribution in [0.15, 0.2) is 203 Å². The molecular weight excluding hydrogens is 1620 g/mol. The number of esters is 1. The van der Waals surface area contributed by atoms with Crippen molar-refractivity contribution in [2.45, 2.75) is 253 Å². The zero-order valence-electron chi connectivity index (χ0n) is 75.0. The number of amides is 4. The van der Waals surface area contributed by atoms with Crippen LogP contribution in [0.2, 0.25) is 10.1 Å². The van der Waals surface area contributed by atoms with Gasteiger partial charge < -0.3 is 39.1 Å². The van der Waals surface area contributed by atoms with Crippen molar-refractivity contribution in [1.29, 1.82) is 0 Å². The third-order valence-electron chi connectivity index (χ3n) is 22.9. The zero-order valence-corrected chi connectivity index (χ0v) is 78.7. The SMILES string of the molecule is CCCN(C(=O)[C@@H](N=[N+]=[N-])[C@@H](C)CC)[C@H](C[C@@H](O)c1nc(C(=O)N[C@@H](Cc2ccccc2)C(=O)CCCO[Si](c2ccccc2)(c2ccccc2)C(C)(C)C)cs1)C(C)C.CCCN(C(=O)[C@@H](N=[N+]=[N-])[C@@H](C)CC)[C@H](C[C@@H](OC(C)=O)c1nc(C(=O)N[C@@H](Cc2ccccc2)C(=O)CCCO[Si](c2ccccc2)(c2ccccc2)C(C)(C)C)cs1)C(C)C. The predicted octanol–water partition coefficient (Wildman–Crippen LogP) is 18.2. The number of azide groups is 2. The number of aliphatic hydroxyl groups excluding tert-OH is 1. The van der Waals surface area contributed by atoms with E-state index in [1.54, 1.807) is 20.6 Å². The molecule has 0 radical (unpaired) electrons. The van der Waals surface area contributed by atoms with E-state index >= 15 is 0 Å². The van der Waals surface area contributed by atoms with Gasteiger partial charge in [-0.25, -0.2) is 9.97 Å². The van der Waals surface area contributed by atoms with Crippen LogP contribution in [0, 0.1) is 23.7 Å². The number of aromatic nitrogens is 2. The molecule has 0 aliphatic heterocycles. The Morgan fingerprint density at radius 3 is 1.13 bits per heavy atom. The molecule has 0 aliphatic carbocycles. The number of rotatable bonds is 47. The molecule has 0 unspecified atom stereocenters. The number of aliphatic hydroxyl groups is 1. The lowest BCUT2D eigenvalue weighted by Crippen LogP contribution is -2.66. The minimum Gasteiger partial charge on any atom is -0.455 e. The van der Waals surface area contributed by atoms with Crippen LogP contribution in [0.4, 0.5) is 0 Å². The fourth-order valence-corrected chi connectivity index (χ4v) is 26.9. The van der Waals surface area contributed by atoms with Crippen molar-refractivity contribution < 1.29 is 52.3 Å². The van der Waals surface area contributed by atoms with E-state index in [9.17, 15) is 49.7 Å². The summed E-state index contributed by atoms with van der Waals surface area (Å²) >= 11 is 2.34. The number of benzene rings is 6. The maximum Gasteiger partial charge on any atom is 0.303 e. The van der Waals surface area contributed by atoms with Crippen molar-refractivity contribution >= 4 is 101 Å². The van der Waals surface area contributed by atoms with Crippen molar-refractivity contribution in [1.82, 2.24) is 30.4 Å². The van der Waals surface area contributed by atoms with E-state index in [4.69, 9.17) is 13.6 Å². The minimum absolute atomic E-state index is 0.0272. The Labute approximate surface area is 738 Å². The lowest BCUT2D eigenvalue weighted by Gasteiger charge is -2.43. The van der Waals surface area contributed by atoms with Crippen molar-refractivity contribution in [3.63, 3.8) is 0 Å². The number of thiazole rings is 2. The summed E-state index contributed by atoms with van der Waals surface area (Å²) < 4.78 is 19.9. The molecule has 27 heteroatoms. The van der Waals surface area contributed by atoms with Gasteiger partial charge in [-0.1, -0.05) is 316 Å². The molecule has 6 aromatic carbocycles. The van der Waals surface area contributed by atoms with Crippen LogP contribution in [0.5, 0.6) is 0 Å². The number of carbonyl (C=O) groups excluding carboxylic acids is 7. The molecule has 2 aromatic heterocycles. The van der Waals surface area contributed by atoms with Crippen LogP contribution >= 0.6 is 22.7 Å². The Morgan fingerprint density at radius 1 is 0.496 bits per heavy atom. The van der Waals surface area contributed by atoms with Gasteiger partial charge in [0.15, 0.2) is 17.7 Å². The van der Waals surface area contributed by atoms with Gasteiger partial charge in [0.25, 0.3) is 28.4 Å². The van der Waals surface area contributed by atoms with E-state index in [0.717, 1.165) is 32.8 Å². The second-order valence-electron chi connectivity index (χ2n) is 34.6. The summed E-state index contributed by atoms with van der Waals surface area (Å²) in [5.41, 5.74) is 20.6. The molecule has 0 bridgehead atoms. The fraction of sp³-hybridized carbons (Fsp3) is 0.490. The number of ketones is 2. The van der Waals surface area contributed by atoms with Gasteiger partial charge in [-0.05, 0) is 115 Å².